The summed E-state index contributed by atoms with van der Waals surface area (Å²) in [6.45, 7) is 4.50. The van der Waals surface area contributed by atoms with Gasteiger partial charge in [-0.05, 0) is 49.3 Å². The average molecular weight is 328 g/mol. The van der Waals surface area contributed by atoms with Gasteiger partial charge in [0.1, 0.15) is 5.82 Å². The molecule has 0 aliphatic heterocycles. The topological polar surface area (TPSA) is 29.1 Å². The fourth-order valence-corrected chi connectivity index (χ4v) is 2.84. The van der Waals surface area contributed by atoms with Gasteiger partial charge in [0, 0.05) is 10.5 Å². The molecule has 1 aromatic rings. The van der Waals surface area contributed by atoms with E-state index in [4.69, 9.17) is 0 Å². The lowest BCUT2D eigenvalue weighted by molar-refractivity contribution is 0.0905. The van der Waals surface area contributed by atoms with Crippen LogP contribution in [0.5, 0.6) is 0 Å². The molecule has 1 aromatic carbocycles. The maximum atomic E-state index is 13.6. The van der Waals surface area contributed by atoms with E-state index in [0.717, 1.165) is 25.7 Å². The molecule has 1 N–H and O–H groups in total. The Kier molecular flexibility index (Phi) is 4.29. The van der Waals surface area contributed by atoms with Gasteiger partial charge in [-0.2, -0.15) is 0 Å². The van der Waals surface area contributed by atoms with E-state index in [0.29, 0.717) is 9.89 Å². The van der Waals surface area contributed by atoms with Gasteiger partial charge in [0.2, 0.25) is 0 Å². The van der Waals surface area contributed by atoms with E-state index in [9.17, 15) is 9.18 Å². The van der Waals surface area contributed by atoms with Crippen molar-refractivity contribution in [3.05, 3.63) is 34.1 Å². The smallest absolute Gasteiger partial charge is 0.254 e. The highest BCUT2D eigenvalue weighted by molar-refractivity contribution is 9.10. The molecule has 0 unspecified atom stereocenters. The molecule has 19 heavy (non-hydrogen) atoms. The zero-order valence-electron chi connectivity index (χ0n) is 11.3. The van der Waals surface area contributed by atoms with Crippen molar-refractivity contribution in [1.29, 1.82) is 0 Å². The summed E-state index contributed by atoms with van der Waals surface area (Å²) in [7, 11) is 0. The predicted octanol–water partition coefficient (Wildman–Crippen LogP) is 4.29. The SMILES string of the molecule is CC1(C)CCC(NC(=O)c2cc(Br)ccc2F)CC1. The van der Waals surface area contributed by atoms with Crippen LogP contribution < -0.4 is 5.32 Å². The normalized spacial score (nSPS) is 19.2. The fraction of sp³-hybridized carbons (Fsp3) is 0.533. The van der Waals surface area contributed by atoms with Crippen molar-refractivity contribution in [2.75, 3.05) is 0 Å². The van der Waals surface area contributed by atoms with Gasteiger partial charge in [-0.1, -0.05) is 29.8 Å². The van der Waals surface area contributed by atoms with Gasteiger partial charge in [-0.3, -0.25) is 4.79 Å². The van der Waals surface area contributed by atoms with Crippen molar-refractivity contribution < 1.29 is 9.18 Å². The van der Waals surface area contributed by atoms with E-state index >= 15 is 0 Å². The van der Waals surface area contributed by atoms with E-state index in [1.165, 1.54) is 12.1 Å². The van der Waals surface area contributed by atoms with Crippen LogP contribution in [-0.4, -0.2) is 11.9 Å². The lowest BCUT2D eigenvalue weighted by Gasteiger charge is -2.34. The third-order valence-corrected chi connectivity index (χ3v) is 4.34. The third-order valence-electron chi connectivity index (χ3n) is 3.85. The van der Waals surface area contributed by atoms with Crippen LogP contribution in [0.1, 0.15) is 49.9 Å². The summed E-state index contributed by atoms with van der Waals surface area (Å²) >= 11 is 3.26. The maximum absolute atomic E-state index is 13.6. The molecule has 1 aliphatic carbocycles. The molecule has 0 heterocycles. The molecule has 0 aromatic heterocycles. The summed E-state index contributed by atoms with van der Waals surface area (Å²) in [6, 6.07) is 4.59. The first-order chi connectivity index (χ1) is 8.87. The summed E-state index contributed by atoms with van der Waals surface area (Å²) in [6.07, 6.45) is 4.13. The number of benzene rings is 1. The lowest BCUT2D eigenvalue weighted by atomic mass is 9.75. The Hall–Kier alpha value is -0.900. The second kappa shape index (κ2) is 5.61. The third kappa shape index (κ3) is 3.78. The highest BCUT2D eigenvalue weighted by Gasteiger charge is 2.28. The molecule has 104 valence electrons. The Morgan fingerprint density at radius 1 is 1.37 bits per heavy atom. The van der Waals surface area contributed by atoms with Crippen molar-refractivity contribution >= 4 is 21.8 Å². The second-order valence-corrected chi connectivity index (χ2v) is 6.95. The first-order valence-corrected chi connectivity index (χ1v) is 7.43. The molecule has 0 radical (unpaired) electrons. The average Bonchev–Trinajstić information content (AvgIpc) is 2.35. The Balaban J connectivity index is 2.00. The van der Waals surface area contributed by atoms with Gasteiger partial charge in [-0.15, -0.1) is 0 Å². The van der Waals surface area contributed by atoms with Gasteiger partial charge in [0.05, 0.1) is 5.56 Å². The molecule has 0 spiro atoms. The van der Waals surface area contributed by atoms with Crippen molar-refractivity contribution in [2.24, 2.45) is 5.41 Å². The molecule has 1 fully saturated rings. The number of carbonyl (C=O) groups is 1. The molecule has 0 atom stereocenters. The maximum Gasteiger partial charge on any atom is 0.254 e. The minimum absolute atomic E-state index is 0.110. The van der Waals surface area contributed by atoms with Crippen LogP contribution in [0, 0.1) is 11.2 Å². The van der Waals surface area contributed by atoms with Crippen LogP contribution in [0.3, 0.4) is 0 Å². The fourth-order valence-electron chi connectivity index (χ4n) is 2.48. The van der Waals surface area contributed by atoms with Gasteiger partial charge in [0.15, 0.2) is 0 Å². The molecule has 4 heteroatoms. The molecule has 1 aliphatic rings. The summed E-state index contributed by atoms with van der Waals surface area (Å²) in [5, 5.41) is 2.94. The standard InChI is InChI=1S/C15H19BrFNO/c1-15(2)7-5-11(6-8-15)18-14(19)12-9-10(16)3-4-13(12)17/h3-4,9,11H,5-8H2,1-2H3,(H,18,19). The van der Waals surface area contributed by atoms with Crippen LogP contribution in [-0.2, 0) is 0 Å². The first-order valence-electron chi connectivity index (χ1n) is 6.63. The number of hydrogen-bond donors (Lipinski definition) is 1. The van der Waals surface area contributed by atoms with E-state index in [1.54, 1.807) is 6.07 Å². The van der Waals surface area contributed by atoms with E-state index < -0.39 is 5.82 Å². The summed E-state index contributed by atoms with van der Waals surface area (Å²) in [5.41, 5.74) is 0.474. The van der Waals surface area contributed by atoms with Gasteiger partial charge in [-0.25, -0.2) is 4.39 Å². The summed E-state index contributed by atoms with van der Waals surface area (Å²) in [5.74, 6) is -0.791. The van der Waals surface area contributed by atoms with Crippen molar-refractivity contribution in [1.82, 2.24) is 5.32 Å². The van der Waals surface area contributed by atoms with Crippen molar-refractivity contribution in [3.63, 3.8) is 0 Å². The Bertz CT molecular complexity index is 477. The molecule has 2 rings (SSSR count). The molecule has 1 amide bonds. The highest BCUT2D eigenvalue weighted by Crippen LogP contribution is 2.35. The molecule has 1 saturated carbocycles. The van der Waals surface area contributed by atoms with Crippen LogP contribution in [0.2, 0.25) is 0 Å². The first kappa shape index (κ1) is 14.5. The Labute approximate surface area is 121 Å². The van der Waals surface area contributed by atoms with Crippen LogP contribution in [0.25, 0.3) is 0 Å². The zero-order chi connectivity index (χ0) is 14.0. The number of amides is 1. The number of rotatable bonds is 2. The lowest BCUT2D eigenvalue weighted by Crippen LogP contribution is -2.39. The largest absolute Gasteiger partial charge is 0.349 e. The summed E-state index contributed by atoms with van der Waals surface area (Å²) in [4.78, 5) is 12.1. The Morgan fingerprint density at radius 3 is 2.63 bits per heavy atom. The van der Waals surface area contributed by atoms with Gasteiger partial charge < -0.3 is 5.32 Å². The van der Waals surface area contributed by atoms with Crippen LogP contribution in [0.4, 0.5) is 4.39 Å². The monoisotopic (exact) mass is 327 g/mol. The van der Waals surface area contributed by atoms with E-state index in [2.05, 4.69) is 35.1 Å². The molecule has 0 saturated heterocycles. The number of carbonyl (C=O) groups excluding carboxylic acids is 1. The molecular weight excluding hydrogens is 309 g/mol. The number of hydrogen-bond acceptors (Lipinski definition) is 1. The molecule has 2 nitrogen and oxygen atoms in total. The second-order valence-electron chi connectivity index (χ2n) is 6.04. The minimum atomic E-state index is -0.475. The number of nitrogens with one attached hydrogen (secondary N) is 1. The quantitative estimate of drug-likeness (QED) is 0.862. The molecular formula is C15H19BrFNO. The predicted molar refractivity (Wildman–Crippen MR) is 77.6 cm³/mol. The molecule has 0 bridgehead atoms. The number of halogens is 2. The van der Waals surface area contributed by atoms with Crippen molar-refractivity contribution in [3.8, 4) is 0 Å². The van der Waals surface area contributed by atoms with E-state index in [-0.39, 0.29) is 17.5 Å². The minimum Gasteiger partial charge on any atom is -0.349 e. The zero-order valence-corrected chi connectivity index (χ0v) is 12.9. The van der Waals surface area contributed by atoms with Crippen molar-refractivity contribution in [2.45, 2.75) is 45.6 Å². The van der Waals surface area contributed by atoms with E-state index in [1.807, 2.05) is 0 Å². The van der Waals surface area contributed by atoms with Gasteiger partial charge >= 0.3 is 0 Å². The Morgan fingerprint density at radius 2 is 2.00 bits per heavy atom. The van der Waals surface area contributed by atoms with Crippen LogP contribution in [0.15, 0.2) is 22.7 Å². The van der Waals surface area contributed by atoms with Gasteiger partial charge in [0.25, 0.3) is 5.91 Å². The summed E-state index contributed by atoms with van der Waals surface area (Å²) < 4.78 is 14.3. The highest BCUT2D eigenvalue weighted by atomic mass is 79.9. The van der Waals surface area contributed by atoms with Crippen LogP contribution >= 0.6 is 15.9 Å².